The number of aryl methyl sites for hydroxylation is 2. The molecule has 0 radical (unpaired) electrons. The monoisotopic (exact) mass is 449 g/mol. The van der Waals surface area contributed by atoms with E-state index in [1.165, 1.54) is 33.5 Å². The Balaban J connectivity index is 2.51. The summed E-state index contributed by atoms with van der Waals surface area (Å²) >= 11 is 0. The van der Waals surface area contributed by atoms with Crippen LogP contribution in [0.15, 0.2) is 36.4 Å². The largest absolute Gasteiger partial charge is 0.495 e. The Morgan fingerprint density at radius 3 is 1.33 bits per heavy atom. The predicted octanol–water partition coefficient (Wildman–Crippen LogP) is 5.20. The molecule has 170 valence electrons. The van der Waals surface area contributed by atoms with E-state index >= 15 is 0 Å². The zero-order valence-corrected chi connectivity index (χ0v) is 18.9. The molecule has 0 aliphatic rings. The number of ether oxygens (including phenoxy) is 3. The van der Waals surface area contributed by atoms with Crippen molar-refractivity contribution >= 4 is 18.3 Å². The van der Waals surface area contributed by atoms with Crippen LogP contribution in [0.4, 0.5) is 5.69 Å². The van der Waals surface area contributed by atoms with Crippen LogP contribution in [0.3, 0.4) is 0 Å². The Hall–Kier alpha value is -4.20. The first kappa shape index (κ1) is 23.5. The van der Waals surface area contributed by atoms with Crippen molar-refractivity contribution in [3.05, 3.63) is 68.8 Å². The fraction of sp³-hybridized carbons (Fsp3) is 0.200. The molecule has 0 spiro atoms. The summed E-state index contributed by atoms with van der Waals surface area (Å²) in [6.45, 7) is 3.61. The maximum absolute atomic E-state index is 11.8. The van der Waals surface area contributed by atoms with Crippen LogP contribution < -0.4 is 14.2 Å². The summed E-state index contributed by atoms with van der Waals surface area (Å²) in [5.74, 6) is 0.845. The first-order chi connectivity index (χ1) is 15.8. The van der Waals surface area contributed by atoms with Gasteiger partial charge in [0.1, 0.15) is 17.2 Å². The number of benzene rings is 3. The Bertz CT molecular complexity index is 1180. The van der Waals surface area contributed by atoms with E-state index < -0.39 is 4.92 Å². The lowest BCUT2D eigenvalue weighted by Crippen LogP contribution is -2.01. The van der Waals surface area contributed by atoms with E-state index in [2.05, 4.69) is 0 Å². The highest BCUT2D eigenvalue weighted by Crippen LogP contribution is 2.48. The van der Waals surface area contributed by atoms with Crippen molar-refractivity contribution in [1.82, 2.24) is 0 Å². The van der Waals surface area contributed by atoms with Crippen LogP contribution in [-0.2, 0) is 0 Å². The van der Waals surface area contributed by atoms with Gasteiger partial charge in [0.15, 0.2) is 12.6 Å². The topological polar surface area (TPSA) is 105 Å². The summed E-state index contributed by atoms with van der Waals surface area (Å²) < 4.78 is 16.7. The lowest BCUT2D eigenvalue weighted by molar-refractivity contribution is -0.384. The van der Waals surface area contributed by atoms with Gasteiger partial charge in [-0.25, -0.2) is 0 Å². The first-order valence-electron chi connectivity index (χ1n) is 9.94. The highest BCUT2D eigenvalue weighted by atomic mass is 16.6. The van der Waals surface area contributed by atoms with Gasteiger partial charge in [0.2, 0.25) is 0 Å². The predicted molar refractivity (Wildman–Crippen MR) is 124 cm³/mol. The van der Waals surface area contributed by atoms with Gasteiger partial charge in [-0.3, -0.25) is 19.7 Å². The van der Waals surface area contributed by atoms with E-state index in [9.17, 15) is 19.7 Å². The number of methoxy groups -OCH3 is 3. The number of rotatable bonds is 8. The fourth-order valence-electron chi connectivity index (χ4n) is 3.97. The molecule has 0 fully saturated rings. The van der Waals surface area contributed by atoms with Gasteiger partial charge in [0.05, 0.1) is 37.4 Å². The van der Waals surface area contributed by atoms with Gasteiger partial charge in [0.25, 0.3) is 5.69 Å². The standard InChI is InChI=1S/C25H23NO7/c1-14-6-16(12-27)23(31-3)19(8-14)21-10-18(26(29)30)11-22(25(21)33-5)20-9-15(2)7-17(13-28)24(20)32-4/h6-13H,1-5H3. The lowest BCUT2D eigenvalue weighted by Gasteiger charge is -2.19. The molecule has 8 nitrogen and oxygen atoms in total. The van der Waals surface area contributed by atoms with Gasteiger partial charge >= 0.3 is 0 Å². The number of nitrogens with zero attached hydrogens (tertiary/aromatic N) is 1. The fourth-order valence-corrected chi connectivity index (χ4v) is 3.97. The minimum absolute atomic E-state index is 0.201. The zero-order valence-electron chi connectivity index (χ0n) is 18.9. The number of hydrogen-bond acceptors (Lipinski definition) is 7. The summed E-state index contributed by atoms with van der Waals surface area (Å²) in [4.78, 5) is 34.7. The number of carbonyl (C=O) groups is 2. The van der Waals surface area contributed by atoms with Crippen LogP contribution >= 0.6 is 0 Å². The number of nitro benzene ring substituents is 1. The van der Waals surface area contributed by atoms with Crippen molar-refractivity contribution in [2.24, 2.45) is 0 Å². The SMILES string of the molecule is COc1c(C=O)cc(C)cc1-c1cc([N+](=O)[O-])cc(-c2cc(C)cc(C=O)c2OC)c1OC. The molecule has 8 heteroatoms. The molecule has 3 aromatic carbocycles. The molecule has 0 aliphatic heterocycles. The number of carbonyl (C=O) groups excluding carboxylic acids is 2. The van der Waals surface area contributed by atoms with Crippen molar-refractivity contribution in [2.75, 3.05) is 21.3 Å². The molecule has 0 amide bonds. The zero-order chi connectivity index (χ0) is 24.3. The first-order valence-corrected chi connectivity index (χ1v) is 9.94. The van der Waals surface area contributed by atoms with Gasteiger partial charge in [0, 0.05) is 34.4 Å². The Kier molecular flexibility index (Phi) is 6.77. The van der Waals surface area contributed by atoms with Crippen molar-refractivity contribution in [3.8, 4) is 39.5 Å². The maximum Gasteiger partial charge on any atom is 0.270 e. The van der Waals surface area contributed by atoms with Gasteiger partial charge in [-0.2, -0.15) is 0 Å². The molecule has 3 rings (SSSR count). The molecule has 0 atom stereocenters. The normalized spacial score (nSPS) is 10.5. The van der Waals surface area contributed by atoms with Gasteiger partial charge in [-0.15, -0.1) is 0 Å². The van der Waals surface area contributed by atoms with Crippen molar-refractivity contribution in [3.63, 3.8) is 0 Å². The van der Waals surface area contributed by atoms with E-state index in [0.29, 0.717) is 51.7 Å². The molecule has 33 heavy (non-hydrogen) atoms. The van der Waals surface area contributed by atoms with Crippen LogP contribution in [0.1, 0.15) is 31.8 Å². The van der Waals surface area contributed by atoms with E-state index in [4.69, 9.17) is 14.2 Å². The lowest BCUT2D eigenvalue weighted by atomic mass is 9.91. The molecule has 0 saturated heterocycles. The average Bonchev–Trinajstić information content (AvgIpc) is 2.81. The summed E-state index contributed by atoms with van der Waals surface area (Å²) in [6.07, 6.45) is 1.33. The van der Waals surface area contributed by atoms with Crippen molar-refractivity contribution in [2.45, 2.75) is 13.8 Å². The van der Waals surface area contributed by atoms with Gasteiger partial charge in [-0.1, -0.05) is 0 Å². The number of nitro groups is 1. The van der Waals surface area contributed by atoms with E-state index in [1.54, 1.807) is 38.1 Å². The van der Waals surface area contributed by atoms with E-state index in [1.807, 2.05) is 0 Å². The van der Waals surface area contributed by atoms with Crippen LogP contribution in [0.5, 0.6) is 17.2 Å². The molecular formula is C25H23NO7. The average molecular weight is 449 g/mol. The summed E-state index contributed by atoms with van der Waals surface area (Å²) in [5.41, 5.74) is 3.58. The molecule has 0 heterocycles. The second-order valence-electron chi connectivity index (χ2n) is 7.44. The Labute approximate surface area is 190 Å². The summed E-state index contributed by atoms with van der Waals surface area (Å²) in [5, 5.41) is 11.8. The molecular weight excluding hydrogens is 426 g/mol. The molecule has 3 aromatic rings. The number of hydrogen-bond donors (Lipinski definition) is 0. The summed E-state index contributed by atoms with van der Waals surface area (Å²) in [6, 6.07) is 9.61. The third kappa shape index (κ3) is 4.27. The molecule has 0 saturated carbocycles. The number of non-ortho nitro benzene ring substituents is 1. The van der Waals surface area contributed by atoms with Crippen LogP contribution in [0, 0.1) is 24.0 Å². The van der Waals surface area contributed by atoms with Crippen LogP contribution in [-0.4, -0.2) is 38.8 Å². The molecule has 0 aliphatic carbocycles. The van der Waals surface area contributed by atoms with Crippen molar-refractivity contribution < 1.29 is 28.7 Å². The van der Waals surface area contributed by atoms with Crippen molar-refractivity contribution in [1.29, 1.82) is 0 Å². The van der Waals surface area contributed by atoms with Crippen LogP contribution in [0.2, 0.25) is 0 Å². The number of aldehydes is 2. The second kappa shape index (κ2) is 9.52. The third-order valence-electron chi connectivity index (χ3n) is 5.26. The Morgan fingerprint density at radius 1 is 0.667 bits per heavy atom. The summed E-state index contributed by atoms with van der Waals surface area (Å²) in [7, 11) is 4.29. The molecule has 0 aromatic heterocycles. The van der Waals surface area contributed by atoms with Gasteiger partial charge < -0.3 is 14.2 Å². The molecule has 0 unspecified atom stereocenters. The highest BCUT2D eigenvalue weighted by Gasteiger charge is 2.25. The Morgan fingerprint density at radius 2 is 1.03 bits per heavy atom. The smallest absolute Gasteiger partial charge is 0.270 e. The molecule has 0 bridgehead atoms. The van der Waals surface area contributed by atoms with Crippen LogP contribution in [0.25, 0.3) is 22.3 Å². The minimum atomic E-state index is -0.516. The molecule has 0 N–H and O–H groups in total. The minimum Gasteiger partial charge on any atom is -0.495 e. The third-order valence-corrected chi connectivity index (χ3v) is 5.26. The highest BCUT2D eigenvalue weighted by molar-refractivity contribution is 5.95. The van der Waals surface area contributed by atoms with E-state index in [-0.39, 0.29) is 17.2 Å². The second-order valence-corrected chi connectivity index (χ2v) is 7.44. The quantitative estimate of drug-likeness (QED) is 0.264. The maximum atomic E-state index is 11.8. The van der Waals surface area contributed by atoms with Gasteiger partial charge in [-0.05, 0) is 49.2 Å². The van der Waals surface area contributed by atoms with E-state index in [0.717, 1.165) is 11.1 Å².